The van der Waals surface area contributed by atoms with E-state index in [9.17, 15) is 13.2 Å². The topological polar surface area (TPSA) is 71.4 Å². The lowest BCUT2D eigenvalue weighted by Gasteiger charge is -2.21. The normalized spacial score (nSPS) is 15.2. The number of carbonyl (C=O) groups excluding carboxylic acids is 1. The summed E-state index contributed by atoms with van der Waals surface area (Å²) in [5.41, 5.74) is 0.913. The smallest absolute Gasteiger partial charge is 0.265 e. The summed E-state index contributed by atoms with van der Waals surface area (Å²) in [6.07, 6.45) is 1.03. The van der Waals surface area contributed by atoms with Crippen molar-refractivity contribution in [1.82, 2.24) is 0 Å². The van der Waals surface area contributed by atoms with Crippen LogP contribution < -0.4 is 0 Å². The lowest BCUT2D eigenvalue weighted by Crippen LogP contribution is -2.20. The van der Waals surface area contributed by atoms with E-state index in [2.05, 4.69) is 0 Å². The number of rotatable bonds is 6. The van der Waals surface area contributed by atoms with Crippen LogP contribution in [-0.2, 0) is 14.9 Å². The van der Waals surface area contributed by atoms with E-state index >= 15 is 0 Å². The molecule has 94 valence electrons. The van der Waals surface area contributed by atoms with Gasteiger partial charge in [-0.25, -0.2) is 0 Å². The largest absolute Gasteiger partial charge is 0.303 e. The number of carbonyl (C=O) groups is 1. The molecule has 0 aliphatic heterocycles. The fourth-order valence-corrected chi connectivity index (χ4v) is 2.85. The van der Waals surface area contributed by atoms with Gasteiger partial charge in [-0.05, 0) is 17.4 Å². The predicted octanol–water partition coefficient (Wildman–Crippen LogP) is 1.88. The predicted molar refractivity (Wildman–Crippen MR) is 65.4 cm³/mol. The van der Waals surface area contributed by atoms with Gasteiger partial charge in [-0.3, -0.25) is 4.55 Å². The van der Waals surface area contributed by atoms with E-state index in [1.165, 1.54) is 0 Å². The number of aldehydes is 1. The lowest BCUT2D eigenvalue weighted by molar-refractivity contribution is -0.108. The van der Waals surface area contributed by atoms with E-state index in [0.29, 0.717) is 0 Å². The third kappa shape index (κ3) is 4.66. The number of hydrogen-bond donors (Lipinski definition) is 1. The van der Waals surface area contributed by atoms with Gasteiger partial charge in [-0.1, -0.05) is 37.3 Å². The summed E-state index contributed by atoms with van der Waals surface area (Å²) in [5.74, 6) is -0.825. The molecule has 2 unspecified atom stereocenters. The van der Waals surface area contributed by atoms with Gasteiger partial charge in [-0.2, -0.15) is 8.42 Å². The molecule has 17 heavy (non-hydrogen) atoms. The number of hydrogen-bond acceptors (Lipinski definition) is 3. The van der Waals surface area contributed by atoms with Crippen molar-refractivity contribution in [3.05, 3.63) is 35.9 Å². The molecule has 0 saturated heterocycles. The number of benzene rings is 1. The Hall–Kier alpha value is -1.20. The van der Waals surface area contributed by atoms with Gasteiger partial charge in [0.2, 0.25) is 0 Å². The molecule has 1 N–H and O–H groups in total. The van der Waals surface area contributed by atoms with Crippen LogP contribution in [0, 0.1) is 5.92 Å². The standard InChI is InChI=1S/C12H16O4S/c1-10(9-17(14,15)16)12(7-8-13)11-5-3-2-4-6-11/h2-6,8,10,12H,7,9H2,1H3,(H,14,15,16). The maximum absolute atomic E-state index is 10.8. The molecule has 0 aliphatic carbocycles. The van der Waals surface area contributed by atoms with Crippen LogP contribution in [0.5, 0.6) is 0 Å². The molecular weight excluding hydrogens is 240 g/mol. The molecule has 2 atom stereocenters. The monoisotopic (exact) mass is 256 g/mol. The van der Waals surface area contributed by atoms with Gasteiger partial charge in [0.15, 0.2) is 0 Å². The van der Waals surface area contributed by atoms with Gasteiger partial charge in [0, 0.05) is 6.42 Å². The van der Waals surface area contributed by atoms with Crippen LogP contribution in [0.1, 0.15) is 24.8 Å². The van der Waals surface area contributed by atoms with Crippen molar-refractivity contribution in [2.75, 3.05) is 5.75 Å². The highest BCUT2D eigenvalue weighted by molar-refractivity contribution is 7.85. The van der Waals surface area contributed by atoms with Gasteiger partial charge in [0.05, 0.1) is 5.75 Å². The molecule has 0 fully saturated rings. The first-order valence-electron chi connectivity index (χ1n) is 5.38. The summed E-state index contributed by atoms with van der Waals surface area (Å²) in [6.45, 7) is 1.72. The Kier molecular flexibility index (Phi) is 4.84. The third-order valence-corrected chi connectivity index (χ3v) is 3.69. The van der Waals surface area contributed by atoms with Gasteiger partial charge in [-0.15, -0.1) is 0 Å². The highest BCUT2D eigenvalue weighted by atomic mass is 32.2. The summed E-state index contributed by atoms with van der Waals surface area (Å²) in [5, 5.41) is 0. The van der Waals surface area contributed by atoms with Gasteiger partial charge in [0.1, 0.15) is 6.29 Å². The van der Waals surface area contributed by atoms with E-state index < -0.39 is 10.1 Å². The maximum Gasteiger partial charge on any atom is 0.265 e. The average Bonchev–Trinajstić information content (AvgIpc) is 2.24. The van der Waals surface area contributed by atoms with Crippen molar-refractivity contribution in [1.29, 1.82) is 0 Å². The molecule has 0 amide bonds. The molecule has 0 saturated carbocycles. The van der Waals surface area contributed by atoms with Crippen LogP contribution in [-0.4, -0.2) is 25.0 Å². The summed E-state index contributed by atoms with van der Waals surface area (Å²) >= 11 is 0. The Morgan fingerprint density at radius 1 is 1.29 bits per heavy atom. The Labute approximate surface area is 101 Å². The minimum Gasteiger partial charge on any atom is -0.303 e. The fourth-order valence-electron chi connectivity index (χ4n) is 1.95. The van der Waals surface area contributed by atoms with E-state index in [1.54, 1.807) is 6.92 Å². The quantitative estimate of drug-likeness (QED) is 0.623. The SMILES string of the molecule is CC(CS(=O)(=O)O)C(CC=O)c1ccccc1. The van der Waals surface area contributed by atoms with Gasteiger partial charge < -0.3 is 4.79 Å². The van der Waals surface area contributed by atoms with Crippen molar-refractivity contribution in [3.8, 4) is 0 Å². The van der Waals surface area contributed by atoms with Crippen LogP contribution in [0.4, 0.5) is 0 Å². The first kappa shape index (κ1) is 13.9. The van der Waals surface area contributed by atoms with Crippen LogP contribution in [0.3, 0.4) is 0 Å². The Morgan fingerprint density at radius 2 is 1.88 bits per heavy atom. The van der Waals surface area contributed by atoms with Crippen LogP contribution in [0.2, 0.25) is 0 Å². The van der Waals surface area contributed by atoms with Crippen LogP contribution in [0.25, 0.3) is 0 Å². The highest BCUT2D eigenvalue weighted by Crippen LogP contribution is 2.28. The average molecular weight is 256 g/mol. The van der Waals surface area contributed by atoms with E-state index in [-0.39, 0.29) is 24.0 Å². The molecule has 0 radical (unpaired) electrons. The zero-order chi connectivity index (χ0) is 12.9. The second-order valence-electron chi connectivity index (χ2n) is 4.15. The van der Waals surface area contributed by atoms with Crippen molar-refractivity contribution < 1.29 is 17.8 Å². The Balaban J connectivity index is 2.90. The molecule has 1 rings (SSSR count). The van der Waals surface area contributed by atoms with E-state index in [4.69, 9.17) is 4.55 Å². The zero-order valence-electron chi connectivity index (χ0n) is 9.61. The van der Waals surface area contributed by atoms with Gasteiger partial charge in [0.25, 0.3) is 10.1 Å². The first-order chi connectivity index (χ1) is 7.94. The van der Waals surface area contributed by atoms with Crippen molar-refractivity contribution in [3.63, 3.8) is 0 Å². The zero-order valence-corrected chi connectivity index (χ0v) is 10.4. The fraction of sp³-hybridized carbons (Fsp3) is 0.417. The molecule has 4 nitrogen and oxygen atoms in total. The minimum absolute atomic E-state index is 0.185. The molecule has 0 aromatic heterocycles. The second-order valence-corrected chi connectivity index (χ2v) is 5.64. The molecule has 0 spiro atoms. The van der Waals surface area contributed by atoms with Crippen molar-refractivity contribution in [2.45, 2.75) is 19.3 Å². The minimum atomic E-state index is -4.01. The molecule has 5 heteroatoms. The second kappa shape index (κ2) is 5.93. The Morgan fingerprint density at radius 3 is 2.35 bits per heavy atom. The molecule has 0 aliphatic rings. The Bertz CT molecular complexity index is 453. The summed E-state index contributed by atoms with van der Waals surface area (Å²) in [6, 6.07) is 9.25. The van der Waals surface area contributed by atoms with Crippen LogP contribution >= 0.6 is 0 Å². The molecule has 1 aromatic rings. The summed E-state index contributed by atoms with van der Waals surface area (Å²) in [7, 11) is -4.01. The van der Waals surface area contributed by atoms with E-state index in [0.717, 1.165) is 11.8 Å². The summed E-state index contributed by atoms with van der Waals surface area (Å²) < 4.78 is 30.5. The molecule has 1 aromatic carbocycles. The third-order valence-electron chi connectivity index (χ3n) is 2.74. The van der Waals surface area contributed by atoms with Crippen LogP contribution in [0.15, 0.2) is 30.3 Å². The first-order valence-corrected chi connectivity index (χ1v) is 6.98. The summed E-state index contributed by atoms with van der Waals surface area (Å²) in [4.78, 5) is 10.6. The van der Waals surface area contributed by atoms with Crippen molar-refractivity contribution in [2.24, 2.45) is 5.92 Å². The molecule has 0 bridgehead atoms. The van der Waals surface area contributed by atoms with E-state index in [1.807, 2.05) is 30.3 Å². The van der Waals surface area contributed by atoms with Gasteiger partial charge >= 0.3 is 0 Å². The highest BCUT2D eigenvalue weighted by Gasteiger charge is 2.23. The molecular formula is C12H16O4S. The molecule has 0 heterocycles. The lowest BCUT2D eigenvalue weighted by atomic mass is 9.86. The maximum atomic E-state index is 10.8. The van der Waals surface area contributed by atoms with Crippen molar-refractivity contribution >= 4 is 16.4 Å².